The molecule has 5 rings (SSSR count). The molecule has 0 saturated carbocycles. The number of carbonyl (C=O) groups excluding carboxylic acids is 1. The SMILES string of the molecule is COc1ccncc1C(=O)Nc1cc(F)c(Oc2ccnc3ccc4c(c23)OCCO4)c(F)c1. The fraction of sp³-hybridized carbons (Fsp3) is 0.125. The monoisotopic (exact) mass is 465 g/mol. The van der Waals surface area contributed by atoms with Gasteiger partial charge in [0.05, 0.1) is 23.6 Å². The lowest BCUT2D eigenvalue weighted by atomic mass is 10.1. The predicted molar refractivity (Wildman–Crippen MR) is 118 cm³/mol. The zero-order chi connectivity index (χ0) is 23.7. The van der Waals surface area contributed by atoms with E-state index in [0.717, 1.165) is 12.1 Å². The molecule has 0 bridgehead atoms. The number of benzene rings is 2. The van der Waals surface area contributed by atoms with E-state index in [4.69, 9.17) is 18.9 Å². The summed E-state index contributed by atoms with van der Waals surface area (Å²) in [5, 5.41) is 2.87. The molecule has 0 saturated heterocycles. The molecular weight excluding hydrogens is 448 g/mol. The number of nitrogens with zero attached hydrogens (tertiary/aromatic N) is 2. The van der Waals surface area contributed by atoms with Gasteiger partial charge in [-0.1, -0.05) is 0 Å². The molecule has 0 atom stereocenters. The number of carbonyl (C=O) groups is 1. The summed E-state index contributed by atoms with van der Waals surface area (Å²) in [6, 6.07) is 8.30. The van der Waals surface area contributed by atoms with Gasteiger partial charge in [0, 0.05) is 36.4 Å². The number of anilines is 1. The van der Waals surface area contributed by atoms with E-state index < -0.39 is 23.3 Å². The van der Waals surface area contributed by atoms with Gasteiger partial charge < -0.3 is 24.3 Å². The zero-order valence-electron chi connectivity index (χ0n) is 17.8. The lowest BCUT2D eigenvalue weighted by Gasteiger charge is -2.21. The Morgan fingerprint density at radius 1 is 1.03 bits per heavy atom. The number of rotatable bonds is 5. The maximum atomic E-state index is 14.9. The average molecular weight is 465 g/mol. The second kappa shape index (κ2) is 8.81. The number of hydrogen-bond acceptors (Lipinski definition) is 7. The number of methoxy groups -OCH3 is 1. The molecule has 0 fully saturated rings. The highest BCUT2D eigenvalue weighted by Gasteiger charge is 2.22. The van der Waals surface area contributed by atoms with Gasteiger partial charge in [0.25, 0.3) is 5.91 Å². The Morgan fingerprint density at radius 2 is 1.79 bits per heavy atom. The molecule has 8 nitrogen and oxygen atoms in total. The number of fused-ring (bicyclic) bond motifs is 3. The van der Waals surface area contributed by atoms with Gasteiger partial charge in [-0.25, -0.2) is 8.78 Å². The Kier molecular flexibility index (Phi) is 5.54. The number of amides is 1. The molecule has 172 valence electrons. The second-order valence-corrected chi connectivity index (χ2v) is 7.19. The molecular formula is C24H17F2N3O5. The quantitative estimate of drug-likeness (QED) is 0.456. The lowest BCUT2D eigenvalue weighted by Crippen LogP contribution is -2.15. The minimum Gasteiger partial charge on any atom is -0.496 e. The van der Waals surface area contributed by atoms with Crippen molar-refractivity contribution in [2.45, 2.75) is 0 Å². The summed E-state index contributed by atoms with van der Waals surface area (Å²) >= 11 is 0. The van der Waals surface area contributed by atoms with Crippen LogP contribution < -0.4 is 24.3 Å². The molecule has 3 heterocycles. The maximum Gasteiger partial charge on any atom is 0.261 e. The van der Waals surface area contributed by atoms with E-state index in [0.29, 0.717) is 35.6 Å². The van der Waals surface area contributed by atoms with E-state index in [9.17, 15) is 13.6 Å². The van der Waals surface area contributed by atoms with Crippen molar-refractivity contribution in [3.05, 3.63) is 72.2 Å². The maximum absolute atomic E-state index is 14.9. The Hall–Kier alpha value is -4.47. The largest absolute Gasteiger partial charge is 0.496 e. The first-order chi connectivity index (χ1) is 16.5. The Labute approximate surface area is 192 Å². The number of halogens is 2. The van der Waals surface area contributed by atoms with Crippen LogP contribution in [-0.2, 0) is 0 Å². The van der Waals surface area contributed by atoms with Gasteiger partial charge in [-0.2, -0.15) is 0 Å². The summed E-state index contributed by atoms with van der Waals surface area (Å²) < 4.78 is 51.9. The summed E-state index contributed by atoms with van der Waals surface area (Å²) in [5.41, 5.74) is 0.519. The fourth-order valence-corrected chi connectivity index (χ4v) is 3.57. The fourth-order valence-electron chi connectivity index (χ4n) is 3.57. The van der Waals surface area contributed by atoms with Crippen LogP contribution in [0, 0.1) is 11.6 Å². The van der Waals surface area contributed by atoms with Crippen molar-refractivity contribution in [3.8, 4) is 28.7 Å². The van der Waals surface area contributed by atoms with Crippen molar-refractivity contribution >= 4 is 22.5 Å². The zero-order valence-corrected chi connectivity index (χ0v) is 17.8. The van der Waals surface area contributed by atoms with Crippen molar-refractivity contribution in [1.82, 2.24) is 9.97 Å². The third kappa shape index (κ3) is 3.90. The summed E-state index contributed by atoms with van der Waals surface area (Å²) in [6.07, 6.45) is 4.21. The number of hydrogen-bond donors (Lipinski definition) is 1. The Bertz CT molecular complexity index is 1390. The summed E-state index contributed by atoms with van der Waals surface area (Å²) in [6.45, 7) is 0.704. The van der Waals surface area contributed by atoms with Crippen molar-refractivity contribution in [2.24, 2.45) is 0 Å². The van der Waals surface area contributed by atoms with Crippen molar-refractivity contribution in [2.75, 3.05) is 25.6 Å². The van der Waals surface area contributed by atoms with Crippen LogP contribution in [-0.4, -0.2) is 36.2 Å². The highest BCUT2D eigenvalue weighted by molar-refractivity contribution is 6.06. The van der Waals surface area contributed by atoms with Crippen LogP contribution in [0.4, 0.5) is 14.5 Å². The predicted octanol–water partition coefficient (Wildman–Crippen LogP) is 4.73. The van der Waals surface area contributed by atoms with Crippen LogP contribution in [0.2, 0.25) is 0 Å². The van der Waals surface area contributed by atoms with Gasteiger partial charge in [0.2, 0.25) is 0 Å². The highest BCUT2D eigenvalue weighted by Crippen LogP contribution is 2.43. The molecule has 1 N–H and O–H groups in total. The van der Waals surface area contributed by atoms with Gasteiger partial charge in [-0.3, -0.25) is 14.8 Å². The molecule has 4 aromatic rings. The van der Waals surface area contributed by atoms with E-state index in [-0.39, 0.29) is 22.7 Å². The first-order valence-electron chi connectivity index (χ1n) is 10.2. The molecule has 0 unspecified atom stereocenters. The first-order valence-corrected chi connectivity index (χ1v) is 10.2. The number of nitrogens with one attached hydrogen (secondary N) is 1. The molecule has 2 aromatic heterocycles. The molecule has 34 heavy (non-hydrogen) atoms. The first kappa shape index (κ1) is 21.4. The average Bonchev–Trinajstić information content (AvgIpc) is 2.86. The van der Waals surface area contributed by atoms with Crippen molar-refractivity contribution < 1.29 is 32.5 Å². The van der Waals surface area contributed by atoms with Crippen LogP contribution in [0.1, 0.15) is 10.4 Å². The molecule has 1 amide bonds. The molecule has 0 aliphatic carbocycles. The minimum absolute atomic E-state index is 0.105. The second-order valence-electron chi connectivity index (χ2n) is 7.19. The van der Waals surface area contributed by atoms with Gasteiger partial charge in [-0.15, -0.1) is 0 Å². The van der Waals surface area contributed by atoms with Crippen LogP contribution >= 0.6 is 0 Å². The highest BCUT2D eigenvalue weighted by atomic mass is 19.1. The topological polar surface area (TPSA) is 91.8 Å². The Balaban J connectivity index is 1.46. The Morgan fingerprint density at radius 3 is 2.59 bits per heavy atom. The van der Waals surface area contributed by atoms with E-state index in [1.807, 2.05) is 0 Å². The smallest absolute Gasteiger partial charge is 0.261 e. The van der Waals surface area contributed by atoms with E-state index >= 15 is 0 Å². The minimum atomic E-state index is -1.01. The molecule has 0 radical (unpaired) electrons. The number of aromatic nitrogens is 2. The van der Waals surface area contributed by atoms with Crippen LogP contribution in [0.15, 0.2) is 55.0 Å². The van der Waals surface area contributed by atoms with Crippen LogP contribution in [0.3, 0.4) is 0 Å². The van der Waals surface area contributed by atoms with Crippen molar-refractivity contribution in [1.29, 1.82) is 0 Å². The van der Waals surface area contributed by atoms with E-state index in [2.05, 4.69) is 15.3 Å². The van der Waals surface area contributed by atoms with E-state index in [1.54, 1.807) is 12.1 Å². The lowest BCUT2D eigenvalue weighted by molar-refractivity contribution is 0.102. The van der Waals surface area contributed by atoms with E-state index in [1.165, 1.54) is 37.8 Å². The third-order valence-corrected chi connectivity index (χ3v) is 5.09. The number of pyridine rings is 2. The van der Waals surface area contributed by atoms with Gasteiger partial charge >= 0.3 is 0 Å². The number of ether oxygens (including phenoxy) is 4. The van der Waals surface area contributed by atoms with Crippen molar-refractivity contribution in [3.63, 3.8) is 0 Å². The molecule has 1 aliphatic rings. The summed E-state index contributed by atoms with van der Waals surface area (Å²) in [4.78, 5) is 20.7. The van der Waals surface area contributed by atoms with Gasteiger partial charge in [0.1, 0.15) is 24.7 Å². The molecule has 2 aromatic carbocycles. The molecule has 1 aliphatic heterocycles. The normalized spacial score (nSPS) is 12.3. The standard InChI is InChI=1S/C24H17F2N3O5/c1-31-18-4-6-27-12-14(18)24(30)29-13-10-15(25)22(16(26)11-13)34-19-5-7-28-17-2-3-20-23(21(17)19)33-9-8-32-20/h2-7,10-12H,8-9H2,1H3,(H,29,30). The summed E-state index contributed by atoms with van der Waals surface area (Å²) in [5.74, 6) is -2.02. The molecule has 0 spiro atoms. The molecule has 10 heteroatoms. The van der Waals surface area contributed by atoms with Crippen LogP contribution in [0.25, 0.3) is 10.9 Å². The third-order valence-electron chi connectivity index (χ3n) is 5.09. The summed E-state index contributed by atoms with van der Waals surface area (Å²) in [7, 11) is 1.40. The van der Waals surface area contributed by atoms with Crippen LogP contribution in [0.5, 0.6) is 28.7 Å². The van der Waals surface area contributed by atoms with Gasteiger partial charge in [0.15, 0.2) is 28.9 Å². The van der Waals surface area contributed by atoms with Gasteiger partial charge in [-0.05, 0) is 24.3 Å².